The minimum atomic E-state index is -3.67. The van der Waals surface area contributed by atoms with E-state index in [0.29, 0.717) is 36.7 Å². The first-order chi connectivity index (χ1) is 15.5. The van der Waals surface area contributed by atoms with Gasteiger partial charge in [-0.2, -0.15) is 9.29 Å². The molecule has 2 aromatic rings. The Morgan fingerprint density at radius 1 is 1.19 bits per heavy atom. The van der Waals surface area contributed by atoms with E-state index in [2.05, 4.69) is 15.5 Å². The normalized spacial score (nSPS) is 21.7. The summed E-state index contributed by atoms with van der Waals surface area (Å²) in [4.78, 5) is 17.2. The van der Waals surface area contributed by atoms with Gasteiger partial charge < -0.3 is 9.84 Å². The van der Waals surface area contributed by atoms with Crippen LogP contribution >= 0.6 is 11.3 Å². The molecule has 1 aliphatic carbocycles. The third-order valence-corrected chi connectivity index (χ3v) is 9.69. The summed E-state index contributed by atoms with van der Waals surface area (Å²) in [5.74, 6) is 0.619. The van der Waals surface area contributed by atoms with Gasteiger partial charge in [-0.1, -0.05) is 44.2 Å². The number of carbonyl (C=O) groups excluding carboxylic acids is 1. The summed E-state index contributed by atoms with van der Waals surface area (Å²) in [6, 6.07) is 1.82. The molecule has 8 nitrogen and oxygen atoms in total. The Balaban J connectivity index is 1.41. The highest BCUT2D eigenvalue weighted by molar-refractivity contribution is 7.91. The molecule has 1 atom stereocenters. The first kappa shape index (κ1) is 23.4. The van der Waals surface area contributed by atoms with Gasteiger partial charge in [0.05, 0.1) is 5.92 Å². The van der Waals surface area contributed by atoms with Gasteiger partial charge in [0.1, 0.15) is 4.21 Å². The van der Waals surface area contributed by atoms with Crippen LogP contribution in [0, 0.1) is 5.92 Å². The SMILES string of the molecule is CCc1nc(-c2csc(S(=O)(=O)N3CCC[C@@H](C(=O)NC4CCCCCCC4)C3)c2)no1. The lowest BCUT2D eigenvalue weighted by Gasteiger charge is -2.32. The maximum atomic E-state index is 13.3. The second-order valence-corrected chi connectivity index (χ2v) is 11.8. The van der Waals surface area contributed by atoms with Gasteiger partial charge in [-0.05, 0) is 31.7 Å². The van der Waals surface area contributed by atoms with Crippen LogP contribution in [-0.4, -0.2) is 47.9 Å². The predicted octanol–water partition coefficient (Wildman–Crippen LogP) is 3.99. The molecule has 1 amide bonds. The number of nitrogens with zero attached hydrogens (tertiary/aromatic N) is 3. The molecule has 32 heavy (non-hydrogen) atoms. The van der Waals surface area contributed by atoms with E-state index in [0.717, 1.165) is 43.4 Å². The number of aromatic nitrogens is 2. The number of nitrogens with one attached hydrogen (secondary N) is 1. The number of rotatable bonds is 6. The zero-order valence-corrected chi connectivity index (χ0v) is 20.2. The van der Waals surface area contributed by atoms with Gasteiger partial charge in [0.15, 0.2) is 0 Å². The summed E-state index contributed by atoms with van der Waals surface area (Å²) >= 11 is 1.15. The van der Waals surface area contributed by atoms with Crippen molar-refractivity contribution >= 4 is 27.3 Å². The fourth-order valence-electron chi connectivity index (χ4n) is 4.51. The zero-order chi connectivity index (χ0) is 22.6. The zero-order valence-electron chi connectivity index (χ0n) is 18.6. The lowest BCUT2D eigenvalue weighted by molar-refractivity contribution is -0.126. The molecule has 1 N–H and O–H groups in total. The van der Waals surface area contributed by atoms with Gasteiger partial charge in [-0.25, -0.2) is 8.42 Å². The smallest absolute Gasteiger partial charge is 0.252 e. The van der Waals surface area contributed by atoms with E-state index < -0.39 is 10.0 Å². The summed E-state index contributed by atoms with van der Waals surface area (Å²) in [6.07, 6.45) is 10.1. The molecular formula is C22H32N4O4S2. The van der Waals surface area contributed by atoms with E-state index in [1.54, 1.807) is 11.4 Å². The lowest BCUT2D eigenvalue weighted by atomic mass is 9.94. The summed E-state index contributed by atoms with van der Waals surface area (Å²) in [6.45, 7) is 2.59. The minimum Gasteiger partial charge on any atom is -0.353 e. The fourth-order valence-corrected chi connectivity index (χ4v) is 7.34. The Hall–Kier alpha value is -1.78. The Kier molecular flexibility index (Phi) is 7.63. The number of thiophene rings is 1. The molecule has 2 fully saturated rings. The molecule has 2 aromatic heterocycles. The largest absolute Gasteiger partial charge is 0.353 e. The number of piperidine rings is 1. The molecular weight excluding hydrogens is 448 g/mol. The van der Waals surface area contributed by atoms with Crippen LogP contribution in [0.3, 0.4) is 0 Å². The molecule has 4 rings (SSSR count). The van der Waals surface area contributed by atoms with Crippen LogP contribution < -0.4 is 5.32 Å². The van der Waals surface area contributed by atoms with E-state index in [-0.39, 0.29) is 28.6 Å². The van der Waals surface area contributed by atoms with E-state index in [1.807, 2.05) is 6.92 Å². The maximum Gasteiger partial charge on any atom is 0.252 e. The molecule has 2 aliphatic rings. The molecule has 0 radical (unpaired) electrons. The lowest BCUT2D eigenvalue weighted by Crippen LogP contribution is -2.47. The number of hydrogen-bond donors (Lipinski definition) is 1. The second-order valence-electron chi connectivity index (χ2n) is 8.77. The third-order valence-electron chi connectivity index (χ3n) is 6.40. The Bertz CT molecular complexity index is 1010. The van der Waals surface area contributed by atoms with E-state index in [9.17, 15) is 13.2 Å². The molecule has 0 aromatic carbocycles. The average Bonchev–Trinajstić information content (AvgIpc) is 3.45. The van der Waals surface area contributed by atoms with Crippen LogP contribution in [0.1, 0.15) is 70.6 Å². The molecule has 0 bridgehead atoms. The molecule has 0 spiro atoms. The summed E-state index contributed by atoms with van der Waals surface area (Å²) in [5, 5.41) is 8.88. The van der Waals surface area contributed by atoms with Crippen molar-refractivity contribution in [1.82, 2.24) is 19.8 Å². The summed E-state index contributed by atoms with van der Waals surface area (Å²) in [7, 11) is -3.67. The fraction of sp³-hybridized carbons (Fsp3) is 0.682. The summed E-state index contributed by atoms with van der Waals surface area (Å²) in [5.41, 5.74) is 0.632. The molecule has 1 saturated heterocycles. The van der Waals surface area contributed by atoms with E-state index in [1.165, 1.54) is 23.6 Å². The van der Waals surface area contributed by atoms with Crippen molar-refractivity contribution in [3.05, 3.63) is 17.3 Å². The monoisotopic (exact) mass is 480 g/mol. The highest BCUT2D eigenvalue weighted by atomic mass is 32.2. The molecule has 176 valence electrons. The van der Waals surface area contributed by atoms with Crippen LogP contribution in [0.5, 0.6) is 0 Å². The van der Waals surface area contributed by atoms with Crippen molar-refractivity contribution in [3.8, 4) is 11.4 Å². The van der Waals surface area contributed by atoms with Gasteiger partial charge in [-0.15, -0.1) is 11.3 Å². The number of sulfonamides is 1. The van der Waals surface area contributed by atoms with Crippen LogP contribution in [0.4, 0.5) is 0 Å². The topological polar surface area (TPSA) is 105 Å². The Labute approximate surface area is 193 Å². The highest BCUT2D eigenvalue weighted by Gasteiger charge is 2.35. The molecule has 3 heterocycles. The van der Waals surface area contributed by atoms with Crippen LogP contribution in [0.15, 0.2) is 20.2 Å². The number of amides is 1. The van der Waals surface area contributed by atoms with Gasteiger partial charge >= 0.3 is 0 Å². The number of hydrogen-bond acceptors (Lipinski definition) is 7. The van der Waals surface area contributed by atoms with E-state index >= 15 is 0 Å². The van der Waals surface area contributed by atoms with Crippen LogP contribution in [0.25, 0.3) is 11.4 Å². The standard InChI is InChI=1S/C22H32N4O4S2/c1-2-19-24-21(25-30-19)17-13-20(31-15-17)32(28,29)26-12-8-9-16(14-26)22(27)23-18-10-6-4-3-5-7-11-18/h13,15-16,18H,2-12,14H2,1H3,(H,23,27)/t16-/m1/s1. The van der Waals surface area contributed by atoms with E-state index in [4.69, 9.17) is 4.52 Å². The van der Waals surface area contributed by atoms with Crippen molar-refractivity contribution in [2.24, 2.45) is 5.92 Å². The molecule has 1 aliphatic heterocycles. The van der Waals surface area contributed by atoms with Crippen molar-refractivity contribution in [2.75, 3.05) is 13.1 Å². The average molecular weight is 481 g/mol. The van der Waals surface area contributed by atoms with Crippen molar-refractivity contribution in [1.29, 1.82) is 0 Å². The maximum absolute atomic E-state index is 13.3. The van der Waals surface area contributed by atoms with Crippen molar-refractivity contribution in [3.63, 3.8) is 0 Å². The number of carbonyl (C=O) groups is 1. The quantitative estimate of drug-likeness (QED) is 0.670. The van der Waals surface area contributed by atoms with Gasteiger partial charge in [0.25, 0.3) is 10.0 Å². The van der Waals surface area contributed by atoms with Crippen molar-refractivity contribution < 1.29 is 17.7 Å². The molecule has 0 unspecified atom stereocenters. The third kappa shape index (κ3) is 5.40. The first-order valence-electron chi connectivity index (χ1n) is 11.7. The molecule has 1 saturated carbocycles. The summed E-state index contributed by atoms with van der Waals surface area (Å²) < 4.78 is 33.4. The van der Waals surface area contributed by atoms with Crippen LogP contribution in [0.2, 0.25) is 0 Å². The predicted molar refractivity (Wildman–Crippen MR) is 123 cm³/mol. The van der Waals surface area contributed by atoms with Gasteiger partial charge in [0, 0.05) is 36.5 Å². The Morgan fingerprint density at radius 2 is 1.94 bits per heavy atom. The molecule has 10 heteroatoms. The minimum absolute atomic E-state index is 0.00114. The number of aryl methyl sites for hydroxylation is 1. The first-order valence-corrected chi connectivity index (χ1v) is 14.0. The van der Waals surface area contributed by atoms with Crippen LogP contribution in [-0.2, 0) is 21.2 Å². The van der Waals surface area contributed by atoms with Crippen molar-refractivity contribution in [2.45, 2.75) is 81.4 Å². The highest BCUT2D eigenvalue weighted by Crippen LogP contribution is 2.31. The van der Waals surface area contributed by atoms with Gasteiger partial charge in [-0.3, -0.25) is 4.79 Å². The van der Waals surface area contributed by atoms with Gasteiger partial charge in [0.2, 0.25) is 17.6 Å². The second kappa shape index (κ2) is 10.4. The Morgan fingerprint density at radius 3 is 2.66 bits per heavy atom.